The van der Waals surface area contributed by atoms with E-state index in [0.29, 0.717) is 32.6 Å². The number of nitrogens with one attached hydrogen (secondary N) is 1. The van der Waals surface area contributed by atoms with Crippen molar-refractivity contribution in [1.29, 1.82) is 0 Å². The van der Waals surface area contributed by atoms with E-state index < -0.39 is 5.91 Å². The van der Waals surface area contributed by atoms with E-state index in [1.807, 2.05) is 6.07 Å². The first-order chi connectivity index (χ1) is 14.5. The topological polar surface area (TPSA) is 59.3 Å². The standard InChI is InChI=1S/C24H15Cl2NO3/c25-17-8-6-15(7-9-17)21-12-13-22(30-21)24(29)27-20-11-10-18(26)14-19(20)23(28)16-4-2-1-3-5-16/h1-14H,(H,27,29). The second kappa shape index (κ2) is 8.57. The molecule has 0 aliphatic carbocycles. The molecule has 0 atom stereocenters. The smallest absolute Gasteiger partial charge is 0.291 e. The summed E-state index contributed by atoms with van der Waals surface area (Å²) < 4.78 is 5.69. The molecule has 1 heterocycles. The van der Waals surface area contributed by atoms with E-state index in [2.05, 4.69) is 5.32 Å². The van der Waals surface area contributed by atoms with Gasteiger partial charge in [0.05, 0.1) is 5.69 Å². The number of carbonyl (C=O) groups excluding carboxylic acids is 2. The lowest BCUT2D eigenvalue weighted by Crippen LogP contribution is -2.14. The molecule has 4 nitrogen and oxygen atoms in total. The minimum atomic E-state index is -0.473. The summed E-state index contributed by atoms with van der Waals surface area (Å²) in [6, 6.07) is 23.9. The number of hydrogen-bond acceptors (Lipinski definition) is 3. The van der Waals surface area contributed by atoms with Crippen molar-refractivity contribution in [1.82, 2.24) is 0 Å². The Morgan fingerprint density at radius 2 is 1.47 bits per heavy atom. The zero-order valence-electron chi connectivity index (χ0n) is 15.6. The van der Waals surface area contributed by atoms with Crippen LogP contribution in [0.4, 0.5) is 5.69 Å². The Balaban J connectivity index is 1.60. The second-order valence-electron chi connectivity index (χ2n) is 6.51. The van der Waals surface area contributed by atoms with Crippen molar-refractivity contribution in [2.75, 3.05) is 5.32 Å². The molecule has 6 heteroatoms. The van der Waals surface area contributed by atoms with Gasteiger partial charge in [0.25, 0.3) is 5.91 Å². The van der Waals surface area contributed by atoms with Gasteiger partial charge >= 0.3 is 0 Å². The van der Waals surface area contributed by atoms with Gasteiger partial charge in [0.2, 0.25) is 0 Å². The molecule has 0 aliphatic rings. The Morgan fingerprint density at radius 1 is 0.767 bits per heavy atom. The molecule has 0 aliphatic heterocycles. The highest BCUT2D eigenvalue weighted by atomic mass is 35.5. The van der Waals surface area contributed by atoms with Crippen molar-refractivity contribution in [3.8, 4) is 11.3 Å². The summed E-state index contributed by atoms with van der Waals surface area (Å²) in [4.78, 5) is 25.6. The fourth-order valence-corrected chi connectivity index (χ4v) is 3.27. The highest BCUT2D eigenvalue weighted by Gasteiger charge is 2.18. The molecule has 4 aromatic rings. The third kappa shape index (κ3) is 4.30. The number of carbonyl (C=O) groups is 2. The van der Waals surface area contributed by atoms with E-state index in [-0.39, 0.29) is 11.5 Å². The largest absolute Gasteiger partial charge is 0.451 e. The summed E-state index contributed by atoms with van der Waals surface area (Å²) in [7, 11) is 0. The molecule has 0 spiro atoms. The Bertz CT molecular complexity index is 1210. The maximum absolute atomic E-state index is 12.9. The number of furan rings is 1. The fourth-order valence-electron chi connectivity index (χ4n) is 2.97. The second-order valence-corrected chi connectivity index (χ2v) is 7.38. The molecule has 0 radical (unpaired) electrons. The predicted molar refractivity (Wildman–Crippen MR) is 118 cm³/mol. The molecule has 30 heavy (non-hydrogen) atoms. The summed E-state index contributed by atoms with van der Waals surface area (Å²) in [6.45, 7) is 0. The summed E-state index contributed by atoms with van der Waals surface area (Å²) >= 11 is 12.0. The van der Waals surface area contributed by atoms with Gasteiger partial charge in [-0.2, -0.15) is 0 Å². The van der Waals surface area contributed by atoms with Crippen LogP contribution in [-0.4, -0.2) is 11.7 Å². The number of anilines is 1. The molecule has 0 unspecified atom stereocenters. The molecule has 1 amide bonds. The first kappa shape index (κ1) is 20.0. The third-order valence-corrected chi connectivity index (χ3v) is 4.96. The molecule has 0 fully saturated rings. The average molecular weight is 436 g/mol. The number of benzene rings is 3. The van der Waals surface area contributed by atoms with E-state index in [9.17, 15) is 9.59 Å². The van der Waals surface area contributed by atoms with Crippen LogP contribution in [0.5, 0.6) is 0 Å². The number of rotatable bonds is 5. The lowest BCUT2D eigenvalue weighted by molar-refractivity contribution is 0.0997. The number of halogens is 2. The normalized spacial score (nSPS) is 10.6. The Morgan fingerprint density at radius 3 is 2.20 bits per heavy atom. The average Bonchev–Trinajstić information content (AvgIpc) is 3.26. The monoisotopic (exact) mass is 435 g/mol. The van der Waals surface area contributed by atoms with Crippen LogP contribution >= 0.6 is 23.2 Å². The van der Waals surface area contributed by atoms with Crippen molar-refractivity contribution >= 4 is 40.6 Å². The molecule has 0 saturated heterocycles. The first-order valence-electron chi connectivity index (χ1n) is 9.08. The third-order valence-electron chi connectivity index (χ3n) is 4.47. The van der Waals surface area contributed by atoms with Gasteiger partial charge in [-0.1, -0.05) is 53.5 Å². The molecular weight excluding hydrogens is 421 g/mol. The van der Waals surface area contributed by atoms with E-state index in [1.54, 1.807) is 72.8 Å². The van der Waals surface area contributed by atoms with Crippen LogP contribution in [0, 0.1) is 0 Å². The summed E-state index contributed by atoms with van der Waals surface area (Å²) in [6.07, 6.45) is 0. The van der Waals surface area contributed by atoms with Crippen molar-refractivity contribution in [3.63, 3.8) is 0 Å². The summed E-state index contributed by atoms with van der Waals surface area (Å²) in [5, 5.41) is 3.76. The van der Waals surface area contributed by atoms with Gasteiger partial charge < -0.3 is 9.73 Å². The quantitative estimate of drug-likeness (QED) is 0.353. The van der Waals surface area contributed by atoms with Crippen molar-refractivity contribution < 1.29 is 14.0 Å². The highest BCUT2D eigenvalue weighted by molar-refractivity contribution is 6.31. The van der Waals surface area contributed by atoms with Gasteiger partial charge in [-0.05, 0) is 54.6 Å². The van der Waals surface area contributed by atoms with Crippen LogP contribution in [0.3, 0.4) is 0 Å². The van der Waals surface area contributed by atoms with Gasteiger partial charge in [-0.3, -0.25) is 9.59 Å². The molecule has 1 N–H and O–H groups in total. The Hall–Kier alpha value is -3.34. The molecule has 0 saturated carbocycles. The summed E-state index contributed by atoms with van der Waals surface area (Å²) in [5.41, 5.74) is 1.94. The molecule has 1 aromatic heterocycles. The van der Waals surface area contributed by atoms with Crippen molar-refractivity contribution in [2.45, 2.75) is 0 Å². The van der Waals surface area contributed by atoms with E-state index in [1.165, 1.54) is 6.07 Å². The SMILES string of the molecule is O=C(Nc1ccc(Cl)cc1C(=O)c1ccccc1)c1ccc(-c2ccc(Cl)cc2)o1. The predicted octanol–water partition coefficient (Wildman–Crippen LogP) is 6.74. The molecular formula is C24H15Cl2NO3. The zero-order valence-corrected chi connectivity index (χ0v) is 17.1. The van der Waals surface area contributed by atoms with Crippen LogP contribution in [-0.2, 0) is 0 Å². The van der Waals surface area contributed by atoms with Crippen LogP contribution in [0.2, 0.25) is 10.0 Å². The van der Waals surface area contributed by atoms with Crippen LogP contribution in [0.1, 0.15) is 26.5 Å². The van der Waals surface area contributed by atoms with Gasteiger partial charge in [0.1, 0.15) is 5.76 Å². The van der Waals surface area contributed by atoms with E-state index in [4.69, 9.17) is 27.6 Å². The van der Waals surface area contributed by atoms with E-state index in [0.717, 1.165) is 5.56 Å². The number of amides is 1. The molecule has 3 aromatic carbocycles. The van der Waals surface area contributed by atoms with Crippen LogP contribution in [0.15, 0.2) is 89.3 Å². The van der Waals surface area contributed by atoms with Gasteiger partial charge in [-0.15, -0.1) is 0 Å². The van der Waals surface area contributed by atoms with Gasteiger partial charge in [0.15, 0.2) is 11.5 Å². The molecule has 4 rings (SSSR count). The van der Waals surface area contributed by atoms with Crippen molar-refractivity contribution in [2.24, 2.45) is 0 Å². The molecule has 0 bridgehead atoms. The maximum atomic E-state index is 12.9. The number of ketones is 1. The lowest BCUT2D eigenvalue weighted by Gasteiger charge is -2.10. The summed E-state index contributed by atoms with van der Waals surface area (Å²) in [5.74, 6) is -0.0594. The maximum Gasteiger partial charge on any atom is 0.291 e. The first-order valence-corrected chi connectivity index (χ1v) is 9.83. The van der Waals surface area contributed by atoms with E-state index >= 15 is 0 Å². The minimum absolute atomic E-state index is 0.119. The van der Waals surface area contributed by atoms with Crippen LogP contribution in [0.25, 0.3) is 11.3 Å². The van der Waals surface area contributed by atoms with Crippen LogP contribution < -0.4 is 5.32 Å². The Kier molecular flexibility index (Phi) is 5.70. The van der Waals surface area contributed by atoms with Crippen molar-refractivity contribution in [3.05, 3.63) is 112 Å². The zero-order chi connectivity index (χ0) is 21.1. The molecule has 148 valence electrons. The van der Waals surface area contributed by atoms with Gasteiger partial charge in [-0.25, -0.2) is 0 Å². The highest BCUT2D eigenvalue weighted by Crippen LogP contribution is 2.27. The fraction of sp³-hybridized carbons (Fsp3) is 0. The minimum Gasteiger partial charge on any atom is -0.451 e. The Labute approximate surface area is 183 Å². The lowest BCUT2D eigenvalue weighted by atomic mass is 10.0. The van der Waals surface area contributed by atoms with Gasteiger partial charge in [0, 0.05) is 26.7 Å². The number of hydrogen-bond donors (Lipinski definition) is 1.